The number of carbonyl (C=O) groups is 1. The van der Waals surface area contributed by atoms with Crippen LogP contribution in [0.25, 0.3) is 11.0 Å². The van der Waals surface area contributed by atoms with Crippen LogP contribution in [0.3, 0.4) is 0 Å². The number of H-pyrrole nitrogens is 1. The van der Waals surface area contributed by atoms with E-state index in [1.165, 1.54) is 0 Å². The molecule has 1 aromatic carbocycles. The van der Waals surface area contributed by atoms with Crippen LogP contribution in [0.5, 0.6) is 0 Å². The number of hydrogen-bond acceptors (Lipinski definition) is 5. The molecule has 0 bridgehead atoms. The number of nitrogens with zero attached hydrogens (tertiary/aromatic N) is 3. The molecule has 7 nitrogen and oxygen atoms in total. The first-order chi connectivity index (χ1) is 11.1. The van der Waals surface area contributed by atoms with Gasteiger partial charge in [0.25, 0.3) is 5.91 Å². The maximum atomic E-state index is 12.4. The molecular formula is C16H23N5O2. The Morgan fingerprint density at radius 1 is 1.35 bits per heavy atom. The number of morpholine rings is 1. The number of amides is 1. The van der Waals surface area contributed by atoms with E-state index in [2.05, 4.69) is 39.5 Å². The monoisotopic (exact) mass is 317 g/mol. The van der Waals surface area contributed by atoms with Crippen molar-refractivity contribution in [1.82, 2.24) is 25.6 Å². The second kappa shape index (κ2) is 6.64. The SMILES string of the molecule is CC[C@@](C)(CNC(=O)c1ccc2n[nH]nc2c1)N1CCOCC1. The second-order valence-corrected chi connectivity index (χ2v) is 6.16. The third kappa shape index (κ3) is 3.35. The first-order valence-corrected chi connectivity index (χ1v) is 8.04. The molecule has 1 aliphatic heterocycles. The zero-order valence-electron chi connectivity index (χ0n) is 13.6. The predicted molar refractivity (Wildman–Crippen MR) is 87.3 cm³/mol. The van der Waals surface area contributed by atoms with Crippen molar-refractivity contribution in [2.45, 2.75) is 25.8 Å². The Morgan fingerprint density at radius 3 is 2.83 bits per heavy atom. The summed E-state index contributed by atoms with van der Waals surface area (Å²) in [5.74, 6) is -0.0807. The molecule has 0 spiro atoms. The molecular weight excluding hydrogens is 294 g/mol. The van der Waals surface area contributed by atoms with Crippen LogP contribution in [-0.4, -0.2) is 64.6 Å². The summed E-state index contributed by atoms with van der Waals surface area (Å²) in [5, 5.41) is 13.6. The maximum Gasteiger partial charge on any atom is 0.251 e. The molecule has 0 radical (unpaired) electrons. The van der Waals surface area contributed by atoms with E-state index in [1.54, 1.807) is 18.2 Å². The molecule has 3 rings (SSSR count). The fraction of sp³-hybridized carbons (Fsp3) is 0.562. The minimum absolute atomic E-state index is 0.0581. The summed E-state index contributed by atoms with van der Waals surface area (Å²) >= 11 is 0. The van der Waals surface area contributed by atoms with Crippen molar-refractivity contribution in [1.29, 1.82) is 0 Å². The van der Waals surface area contributed by atoms with Gasteiger partial charge in [-0.2, -0.15) is 15.4 Å². The van der Waals surface area contributed by atoms with Crippen molar-refractivity contribution >= 4 is 16.9 Å². The number of carbonyl (C=O) groups excluding carboxylic acids is 1. The van der Waals surface area contributed by atoms with E-state index in [0.717, 1.165) is 38.2 Å². The molecule has 1 saturated heterocycles. The highest BCUT2D eigenvalue weighted by atomic mass is 16.5. The summed E-state index contributed by atoms with van der Waals surface area (Å²) in [7, 11) is 0. The van der Waals surface area contributed by atoms with Gasteiger partial charge in [-0.25, -0.2) is 0 Å². The Labute approximate surface area is 135 Å². The highest BCUT2D eigenvalue weighted by Crippen LogP contribution is 2.20. The minimum Gasteiger partial charge on any atom is -0.379 e. The normalized spacial score (nSPS) is 18.7. The molecule has 2 N–H and O–H groups in total. The van der Waals surface area contributed by atoms with Crippen molar-refractivity contribution in [2.75, 3.05) is 32.8 Å². The van der Waals surface area contributed by atoms with Crippen LogP contribution >= 0.6 is 0 Å². The van der Waals surface area contributed by atoms with Crippen molar-refractivity contribution in [3.63, 3.8) is 0 Å². The van der Waals surface area contributed by atoms with Gasteiger partial charge < -0.3 is 10.1 Å². The Morgan fingerprint density at radius 2 is 2.09 bits per heavy atom. The molecule has 1 aromatic heterocycles. The lowest BCUT2D eigenvalue weighted by Crippen LogP contribution is -2.56. The van der Waals surface area contributed by atoms with Gasteiger partial charge in [-0.05, 0) is 31.5 Å². The standard InChI is InChI=1S/C16H23N5O2/c1-3-16(2,21-6-8-23-9-7-21)11-17-15(22)12-4-5-13-14(10-12)19-20-18-13/h4-5,10H,3,6-9,11H2,1-2H3,(H,17,22)(H,18,19,20)/t16-/m0/s1. The van der Waals surface area contributed by atoms with Crippen molar-refractivity contribution in [3.8, 4) is 0 Å². The number of hydrogen-bond donors (Lipinski definition) is 2. The van der Waals surface area contributed by atoms with E-state index in [0.29, 0.717) is 17.6 Å². The molecule has 7 heteroatoms. The van der Waals surface area contributed by atoms with E-state index < -0.39 is 0 Å². The van der Waals surface area contributed by atoms with Gasteiger partial charge >= 0.3 is 0 Å². The lowest BCUT2D eigenvalue weighted by atomic mass is 9.95. The van der Waals surface area contributed by atoms with Crippen LogP contribution in [0.4, 0.5) is 0 Å². The van der Waals surface area contributed by atoms with Gasteiger partial charge in [0, 0.05) is 30.7 Å². The molecule has 0 aliphatic carbocycles. The van der Waals surface area contributed by atoms with Crippen LogP contribution in [0.15, 0.2) is 18.2 Å². The molecule has 124 valence electrons. The van der Waals surface area contributed by atoms with Gasteiger partial charge in [0.05, 0.1) is 13.2 Å². The fourth-order valence-corrected chi connectivity index (χ4v) is 2.92. The molecule has 2 heterocycles. The van der Waals surface area contributed by atoms with Gasteiger partial charge in [0.1, 0.15) is 11.0 Å². The predicted octanol–water partition coefficient (Wildman–Crippen LogP) is 1.19. The van der Waals surface area contributed by atoms with Crippen LogP contribution < -0.4 is 5.32 Å². The molecule has 0 saturated carbocycles. The highest BCUT2D eigenvalue weighted by molar-refractivity contribution is 5.97. The smallest absolute Gasteiger partial charge is 0.251 e. The summed E-state index contributed by atoms with van der Waals surface area (Å²) in [6.07, 6.45) is 0.968. The zero-order valence-corrected chi connectivity index (χ0v) is 13.6. The minimum atomic E-state index is -0.0807. The number of rotatable bonds is 5. The quantitative estimate of drug-likeness (QED) is 0.865. The molecule has 1 aliphatic rings. The van der Waals surface area contributed by atoms with Gasteiger partial charge in [-0.15, -0.1) is 0 Å². The molecule has 2 aromatic rings. The lowest BCUT2D eigenvalue weighted by Gasteiger charge is -2.43. The van der Waals surface area contributed by atoms with Crippen molar-refractivity contribution in [3.05, 3.63) is 23.8 Å². The van der Waals surface area contributed by atoms with E-state index in [4.69, 9.17) is 4.74 Å². The van der Waals surface area contributed by atoms with Crippen LogP contribution in [-0.2, 0) is 4.74 Å². The van der Waals surface area contributed by atoms with E-state index in [1.807, 2.05) is 0 Å². The van der Waals surface area contributed by atoms with Crippen molar-refractivity contribution in [2.24, 2.45) is 0 Å². The Balaban J connectivity index is 1.66. The third-order valence-electron chi connectivity index (χ3n) is 4.74. The van der Waals surface area contributed by atoms with E-state index in [-0.39, 0.29) is 11.4 Å². The Kier molecular flexibility index (Phi) is 4.58. The molecule has 0 unspecified atom stereocenters. The number of ether oxygens (including phenoxy) is 1. The summed E-state index contributed by atoms with van der Waals surface area (Å²) < 4.78 is 5.42. The maximum absolute atomic E-state index is 12.4. The van der Waals surface area contributed by atoms with Gasteiger partial charge in [-0.1, -0.05) is 6.92 Å². The van der Waals surface area contributed by atoms with Gasteiger partial charge in [0.15, 0.2) is 0 Å². The fourth-order valence-electron chi connectivity index (χ4n) is 2.92. The molecule has 1 atom stereocenters. The topological polar surface area (TPSA) is 83.1 Å². The first kappa shape index (κ1) is 15.9. The molecule has 1 fully saturated rings. The van der Waals surface area contributed by atoms with Crippen molar-refractivity contribution < 1.29 is 9.53 Å². The number of fused-ring (bicyclic) bond motifs is 1. The molecule has 23 heavy (non-hydrogen) atoms. The summed E-state index contributed by atoms with van der Waals surface area (Å²) in [4.78, 5) is 14.8. The van der Waals surface area contributed by atoms with E-state index >= 15 is 0 Å². The first-order valence-electron chi connectivity index (χ1n) is 8.04. The van der Waals surface area contributed by atoms with Gasteiger partial charge in [0.2, 0.25) is 0 Å². The zero-order chi connectivity index (χ0) is 16.3. The Hall–Kier alpha value is -1.99. The van der Waals surface area contributed by atoms with Crippen LogP contribution in [0.2, 0.25) is 0 Å². The number of aromatic amines is 1. The third-order valence-corrected chi connectivity index (χ3v) is 4.74. The average molecular weight is 317 g/mol. The lowest BCUT2D eigenvalue weighted by molar-refractivity contribution is -0.0169. The van der Waals surface area contributed by atoms with E-state index in [9.17, 15) is 4.79 Å². The summed E-state index contributed by atoms with van der Waals surface area (Å²) in [6.45, 7) is 8.29. The summed E-state index contributed by atoms with van der Waals surface area (Å²) in [6, 6.07) is 5.33. The van der Waals surface area contributed by atoms with Crippen LogP contribution in [0.1, 0.15) is 30.6 Å². The molecule has 1 amide bonds. The highest BCUT2D eigenvalue weighted by Gasteiger charge is 2.31. The van der Waals surface area contributed by atoms with Gasteiger partial charge in [-0.3, -0.25) is 9.69 Å². The number of nitrogens with one attached hydrogen (secondary N) is 2. The van der Waals surface area contributed by atoms with Crippen LogP contribution in [0, 0.1) is 0 Å². The Bertz CT molecular complexity index is 680. The summed E-state index contributed by atoms with van der Waals surface area (Å²) in [5.41, 5.74) is 2.00. The second-order valence-electron chi connectivity index (χ2n) is 6.16. The number of aromatic nitrogens is 3. The largest absolute Gasteiger partial charge is 0.379 e. The average Bonchev–Trinajstić information content (AvgIpc) is 3.07. The number of benzene rings is 1.